The quantitative estimate of drug-likeness (QED) is 0.205. The summed E-state index contributed by atoms with van der Waals surface area (Å²) in [5.41, 5.74) is 2.47. The number of ether oxygens (including phenoxy) is 1. The molecule has 0 saturated heterocycles. The Balaban J connectivity index is 2.35. The number of nitrogens with zero attached hydrogens (tertiary/aromatic N) is 4. The normalized spacial score (nSPS) is 10.8. The minimum absolute atomic E-state index is 0.140. The molecule has 0 bridgehead atoms. The van der Waals surface area contributed by atoms with Crippen molar-refractivity contribution in [3.8, 4) is 22.5 Å². The van der Waals surface area contributed by atoms with Crippen molar-refractivity contribution in [3.63, 3.8) is 0 Å². The summed E-state index contributed by atoms with van der Waals surface area (Å²) in [4.78, 5) is 29.2. The predicted octanol–water partition coefficient (Wildman–Crippen LogP) is 3.05. The van der Waals surface area contributed by atoms with Crippen LogP contribution in [0.25, 0.3) is 22.5 Å². The Hall–Kier alpha value is -3.81. The number of carbonyl (C=O) groups excluding carboxylic acids is 1. The third-order valence-electron chi connectivity index (χ3n) is 4.47. The van der Waals surface area contributed by atoms with Gasteiger partial charge in [-0.2, -0.15) is 5.10 Å². The third-order valence-corrected chi connectivity index (χ3v) is 4.47. The van der Waals surface area contributed by atoms with Crippen LogP contribution in [0.4, 0.5) is 0 Å². The first-order valence-corrected chi connectivity index (χ1v) is 9.35. The lowest BCUT2D eigenvalue weighted by Crippen LogP contribution is -2.24. The molecule has 0 fully saturated rings. The minimum Gasteiger partial charge on any atom is -0.624 e. The fourth-order valence-electron chi connectivity index (χ4n) is 3.08. The van der Waals surface area contributed by atoms with Crippen molar-refractivity contribution in [2.75, 3.05) is 7.11 Å². The van der Waals surface area contributed by atoms with Gasteiger partial charge in [-0.3, -0.25) is 4.79 Å². The van der Waals surface area contributed by atoms with Crippen LogP contribution < -0.4 is 5.56 Å². The van der Waals surface area contributed by atoms with E-state index < -0.39 is 5.97 Å². The monoisotopic (exact) mass is 406 g/mol. The lowest BCUT2D eigenvalue weighted by molar-refractivity contribution is -0.466. The number of pyridine rings is 1. The number of rotatable bonds is 6. The van der Waals surface area contributed by atoms with Gasteiger partial charge in [-0.1, -0.05) is 30.3 Å². The molecule has 30 heavy (non-hydrogen) atoms. The van der Waals surface area contributed by atoms with Crippen molar-refractivity contribution in [2.45, 2.75) is 26.4 Å². The molecule has 8 heteroatoms. The molecule has 3 rings (SSSR count). The first-order valence-electron chi connectivity index (χ1n) is 9.35. The van der Waals surface area contributed by atoms with Gasteiger partial charge in [-0.05, 0) is 26.0 Å². The molecule has 0 atom stereocenters. The molecule has 0 amide bonds. The van der Waals surface area contributed by atoms with E-state index in [0.717, 1.165) is 5.56 Å². The first kappa shape index (κ1) is 20.9. The summed E-state index contributed by atoms with van der Waals surface area (Å²) in [5, 5.41) is 16.1. The number of esters is 1. The van der Waals surface area contributed by atoms with Crippen LogP contribution in [0.2, 0.25) is 0 Å². The molecule has 2 heterocycles. The smallest absolute Gasteiger partial charge is 0.339 e. The van der Waals surface area contributed by atoms with Gasteiger partial charge in [0.2, 0.25) is 0 Å². The van der Waals surface area contributed by atoms with Crippen LogP contribution in [0.1, 0.15) is 35.9 Å². The van der Waals surface area contributed by atoms with E-state index in [4.69, 9.17) is 4.74 Å². The van der Waals surface area contributed by atoms with E-state index >= 15 is 0 Å². The van der Waals surface area contributed by atoms with Crippen LogP contribution in [0.15, 0.2) is 53.3 Å². The Labute approximate surface area is 173 Å². The topological polar surface area (TPSA) is 100 Å². The standard InChI is InChI=1S/C22H22N4O4/c1-14(2)26-20(27)11-10-18(24-26)16-12-17(22(28)30-4)19(13-25(3)29)23-21(16)15-8-6-5-7-9-15/h5-12,14H,3,13H2,1-2,4H3. The molecular formula is C22H22N4O4. The fraction of sp³-hybridized carbons (Fsp3) is 0.227. The summed E-state index contributed by atoms with van der Waals surface area (Å²) in [6.07, 6.45) is 0. The summed E-state index contributed by atoms with van der Waals surface area (Å²) in [5.74, 6) is -0.627. The van der Waals surface area contributed by atoms with Crippen molar-refractivity contribution in [3.05, 3.63) is 75.3 Å². The Morgan fingerprint density at radius 3 is 2.53 bits per heavy atom. The number of hydrogen-bond donors (Lipinski definition) is 0. The highest BCUT2D eigenvalue weighted by molar-refractivity contribution is 5.94. The van der Waals surface area contributed by atoms with Gasteiger partial charge in [0.15, 0.2) is 6.54 Å². The molecule has 0 aliphatic carbocycles. The van der Waals surface area contributed by atoms with E-state index in [2.05, 4.69) is 16.8 Å². The van der Waals surface area contributed by atoms with Crippen LogP contribution in [0.5, 0.6) is 0 Å². The Morgan fingerprint density at radius 2 is 1.93 bits per heavy atom. The van der Waals surface area contributed by atoms with Gasteiger partial charge in [0, 0.05) is 17.2 Å². The van der Waals surface area contributed by atoms with Gasteiger partial charge in [-0.25, -0.2) is 19.2 Å². The highest BCUT2D eigenvalue weighted by Gasteiger charge is 2.22. The van der Waals surface area contributed by atoms with Crippen molar-refractivity contribution >= 4 is 12.7 Å². The molecule has 8 nitrogen and oxygen atoms in total. The third kappa shape index (κ3) is 4.27. The predicted molar refractivity (Wildman–Crippen MR) is 113 cm³/mol. The summed E-state index contributed by atoms with van der Waals surface area (Å²) in [6, 6.07) is 13.8. The molecule has 0 N–H and O–H groups in total. The zero-order valence-corrected chi connectivity index (χ0v) is 17.0. The molecule has 0 radical (unpaired) electrons. The molecule has 0 saturated carbocycles. The number of aromatic nitrogens is 3. The Bertz CT molecular complexity index is 1150. The van der Waals surface area contributed by atoms with Crippen LogP contribution in [0.3, 0.4) is 0 Å². The van der Waals surface area contributed by atoms with E-state index in [1.54, 1.807) is 12.1 Å². The number of hydrogen-bond acceptors (Lipinski definition) is 6. The summed E-state index contributed by atoms with van der Waals surface area (Å²) in [7, 11) is 1.26. The highest BCUT2D eigenvalue weighted by atomic mass is 16.5. The molecule has 154 valence electrons. The van der Waals surface area contributed by atoms with Crippen LogP contribution in [-0.4, -0.2) is 39.3 Å². The van der Waals surface area contributed by atoms with Gasteiger partial charge < -0.3 is 9.94 Å². The number of hydroxylamine groups is 1. The second kappa shape index (κ2) is 8.69. The Kier molecular flexibility index (Phi) is 6.06. The first-order chi connectivity index (χ1) is 14.3. The lowest BCUT2D eigenvalue weighted by atomic mass is 9.99. The molecule has 2 aromatic heterocycles. The Morgan fingerprint density at radius 1 is 1.23 bits per heavy atom. The molecule has 0 unspecified atom stereocenters. The average molecular weight is 406 g/mol. The zero-order valence-electron chi connectivity index (χ0n) is 17.0. The molecule has 1 aromatic carbocycles. The van der Waals surface area contributed by atoms with Gasteiger partial charge in [0.25, 0.3) is 5.56 Å². The second-order valence-corrected chi connectivity index (χ2v) is 6.97. The van der Waals surface area contributed by atoms with Crippen molar-refractivity contribution in [2.24, 2.45) is 0 Å². The van der Waals surface area contributed by atoms with Crippen LogP contribution >= 0.6 is 0 Å². The van der Waals surface area contributed by atoms with Crippen molar-refractivity contribution < 1.29 is 14.3 Å². The van der Waals surface area contributed by atoms with E-state index in [1.165, 1.54) is 17.9 Å². The fourth-order valence-corrected chi connectivity index (χ4v) is 3.08. The van der Waals surface area contributed by atoms with Crippen LogP contribution in [-0.2, 0) is 11.3 Å². The maximum atomic E-state index is 12.4. The lowest BCUT2D eigenvalue weighted by Gasteiger charge is -2.16. The van der Waals surface area contributed by atoms with Gasteiger partial charge >= 0.3 is 5.97 Å². The molecule has 0 aliphatic rings. The molecule has 3 aromatic rings. The maximum Gasteiger partial charge on any atom is 0.339 e. The summed E-state index contributed by atoms with van der Waals surface area (Å²) >= 11 is 0. The summed E-state index contributed by atoms with van der Waals surface area (Å²) < 4.78 is 6.69. The number of carbonyl (C=O) groups is 1. The average Bonchev–Trinajstić information content (AvgIpc) is 2.73. The zero-order chi connectivity index (χ0) is 21.8. The molecule has 0 aliphatic heterocycles. The van der Waals surface area contributed by atoms with Gasteiger partial charge in [0.1, 0.15) is 12.4 Å². The van der Waals surface area contributed by atoms with E-state index in [9.17, 15) is 14.8 Å². The van der Waals surface area contributed by atoms with E-state index in [0.29, 0.717) is 21.7 Å². The summed E-state index contributed by atoms with van der Waals surface area (Å²) in [6.45, 7) is 6.84. The number of methoxy groups -OCH3 is 1. The SMILES string of the molecule is C=[N+]([O-])Cc1nc(-c2ccccc2)c(-c2ccc(=O)n(C(C)C)n2)cc1C(=O)OC. The number of benzene rings is 1. The van der Waals surface area contributed by atoms with Crippen LogP contribution in [0, 0.1) is 5.21 Å². The van der Waals surface area contributed by atoms with Gasteiger partial charge in [0.05, 0.1) is 30.1 Å². The second-order valence-electron chi connectivity index (χ2n) is 6.97. The van der Waals surface area contributed by atoms with Gasteiger partial charge in [-0.15, -0.1) is 0 Å². The highest BCUT2D eigenvalue weighted by Crippen LogP contribution is 2.31. The van der Waals surface area contributed by atoms with E-state index in [-0.39, 0.29) is 29.4 Å². The maximum absolute atomic E-state index is 12.4. The van der Waals surface area contributed by atoms with Crippen molar-refractivity contribution in [1.82, 2.24) is 14.8 Å². The molecule has 0 spiro atoms. The minimum atomic E-state index is -0.627. The van der Waals surface area contributed by atoms with Crippen molar-refractivity contribution in [1.29, 1.82) is 0 Å². The largest absolute Gasteiger partial charge is 0.624 e. The molecular weight excluding hydrogens is 384 g/mol. The van der Waals surface area contributed by atoms with E-state index in [1.807, 2.05) is 44.2 Å².